The molecule has 0 aromatic heterocycles. The van der Waals surface area contributed by atoms with Crippen LogP contribution in [0, 0.1) is 0 Å². The monoisotopic (exact) mass is 416 g/mol. The highest BCUT2D eigenvalue weighted by Gasteiger charge is 2.26. The molecule has 7 nitrogen and oxygen atoms in total. The fraction of sp³-hybridized carbons (Fsp3) is 0.435. The van der Waals surface area contributed by atoms with Crippen molar-refractivity contribution in [3.63, 3.8) is 0 Å². The summed E-state index contributed by atoms with van der Waals surface area (Å²) >= 11 is 0. The molecule has 0 aliphatic carbocycles. The smallest absolute Gasteiger partial charge is 0.337 e. The molecule has 0 saturated carbocycles. The molecule has 0 atom stereocenters. The topological polar surface area (TPSA) is 62.9 Å². The summed E-state index contributed by atoms with van der Waals surface area (Å²) in [6.45, 7) is 6.10. The number of carbonyl (C=O) groups excluding carboxylic acids is 1. The van der Waals surface area contributed by atoms with E-state index in [1.807, 2.05) is 18.2 Å². The maximum atomic E-state index is 11.8. The van der Waals surface area contributed by atoms with Gasteiger partial charge in [0.05, 0.1) is 39.6 Å². The van der Waals surface area contributed by atoms with E-state index in [1.54, 1.807) is 27.4 Å². The van der Waals surface area contributed by atoms with E-state index >= 15 is 0 Å². The highest BCUT2D eigenvalue weighted by molar-refractivity contribution is 5.89. The highest BCUT2D eigenvalue weighted by atomic mass is 16.5. The number of quaternary nitrogens is 2. The maximum Gasteiger partial charge on any atom is 0.337 e. The number of piperazine rings is 1. The SMILES string of the molecule is COC(=O)c1cccc(C[NH+]2CC[NH+](Cc3ccc(OC)c(OC)c3OC)CC2)c1. The molecule has 1 aliphatic heterocycles. The molecule has 1 heterocycles. The third-order valence-electron chi connectivity index (χ3n) is 5.69. The Labute approximate surface area is 178 Å². The number of ether oxygens (including phenoxy) is 4. The molecule has 2 N–H and O–H groups in total. The van der Waals surface area contributed by atoms with Gasteiger partial charge in [0, 0.05) is 5.56 Å². The number of esters is 1. The van der Waals surface area contributed by atoms with Gasteiger partial charge < -0.3 is 28.7 Å². The van der Waals surface area contributed by atoms with E-state index in [-0.39, 0.29) is 5.97 Å². The van der Waals surface area contributed by atoms with E-state index in [1.165, 1.54) is 16.9 Å². The van der Waals surface area contributed by atoms with Gasteiger partial charge in [-0.2, -0.15) is 0 Å². The molecule has 0 spiro atoms. The fourth-order valence-corrected chi connectivity index (χ4v) is 4.10. The summed E-state index contributed by atoms with van der Waals surface area (Å²) in [5, 5.41) is 0. The van der Waals surface area contributed by atoms with Crippen LogP contribution in [-0.2, 0) is 17.8 Å². The molecule has 0 radical (unpaired) electrons. The Morgan fingerprint density at radius 1 is 0.833 bits per heavy atom. The van der Waals surface area contributed by atoms with Gasteiger partial charge in [-0.1, -0.05) is 12.1 Å². The maximum absolute atomic E-state index is 11.8. The van der Waals surface area contributed by atoms with Gasteiger partial charge in [0.2, 0.25) is 5.75 Å². The van der Waals surface area contributed by atoms with Gasteiger partial charge in [0.15, 0.2) is 11.5 Å². The van der Waals surface area contributed by atoms with Gasteiger partial charge in [0.1, 0.15) is 39.3 Å². The first kappa shape index (κ1) is 21.9. The molecule has 162 valence electrons. The van der Waals surface area contributed by atoms with Crippen LogP contribution in [-0.4, -0.2) is 60.6 Å². The summed E-state index contributed by atoms with van der Waals surface area (Å²) in [6, 6.07) is 11.7. The first-order chi connectivity index (χ1) is 14.6. The lowest BCUT2D eigenvalue weighted by Gasteiger charge is -2.30. The number of rotatable bonds is 8. The van der Waals surface area contributed by atoms with Crippen LogP contribution in [0.1, 0.15) is 21.5 Å². The van der Waals surface area contributed by atoms with E-state index in [9.17, 15) is 4.79 Å². The molecule has 1 aliphatic rings. The Kier molecular flexibility index (Phi) is 7.54. The van der Waals surface area contributed by atoms with Crippen LogP contribution in [0.15, 0.2) is 36.4 Å². The van der Waals surface area contributed by atoms with Crippen LogP contribution in [0.5, 0.6) is 17.2 Å². The van der Waals surface area contributed by atoms with Crippen molar-refractivity contribution < 1.29 is 33.5 Å². The Balaban J connectivity index is 1.60. The number of carbonyl (C=O) groups is 1. The van der Waals surface area contributed by atoms with Crippen molar-refractivity contribution in [2.75, 3.05) is 54.6 Å². The lowest BCUT2D eigenvalue weighted by Crippen LogP contribution is -3.27. The third-order valence-corrected chi connectivity index (χ3v) is 5.69. The molecule has 7 heteroatoms. The molecular formula is C23H32N2O5+2. The van der Waals surface area contributed by atoms with Crippen LogP contribution in [0.4, 0.5) is 0 Å². The molecule has 3 rings (SSSR count). The third kappa shape index (κ3) is 5.04. The highest BCUT2D eigenvalue weighted by Crippen LogP contribution is 2.39. The molecule has 1 saturated heterocycles. The first-order valence-electron chi connectivity index (χ1n) is 10.2. The normalized spacial score (nSPS) is 18.5. The minimum Gasteiger partial charge on any atom is -0.493 e. The van der Waals surface area contributed by atoms with E-state index in [4.69, 9.17) is 18.9 Å². The second-order valence-electron chi connectivity index (χ2n) is 7.54. The number of nitrogens with one attached hydrogen (secondary N) is 2. The largest absolute Gasteiger partial charge is 0.493 e. The zero-order valence-corrected chi connectivity index (χ0v) is 18.2. The lowest BCUT2D eigenvalue weighted by molar-refractivity contribution is -1.02. The number of methoxy groups -OCH3 is 4. The Bertz CT molecular complexity index is 863. The van der Waals surface area contributed by atoms with E-state index < -0.39 is 0 Å². The van der Waals surface area contributed by atoms with Gasteiger partial charge >= 0.3 is 5.97 Å². The van der Waals surface area contributed by atoms with Crippen molar-refractivity contribution in [2.45, 2.75) is 13.1 Å². The number of benzene rings is 2. The Hall–Kier alpha value is -2.77. The second kappa shape index (κ2) is 10.3. The predicted octanol–water partition coefficient (Wildman–Crippen LogP) is -0.0174. The van der Waals surface area contributed by atoms with Crippen LogP contribution in [0.2, 0.25) is 0 Å². The zero-order chi connectivity index (χ0) is 21.5. The Morgan fingerprint density at radius 3 is 2.10 bits per heavy atom. The van der Waals surface area contributed by atoms with E-state index in [0.717, 1.165) is 56.1 Å². The molecular weight excluding hydrogens is 384 g/mol. The molecule has 0 amide bonds. The minimum absolute atomic E-state index is 0.287. The van der Waals surface area contributed by atoms with Crippen molar-refractivity contribution in [1.29, 1.82) is 0 Å². The summed E-state index contributed by atoms with van der Waals surface area (Å²) in [7, 11) is 6.34. The molecule has 2 aromatic rings. The van der Waals surface area contributed by atoms with Crippen molar-refractivity contribution in [2.24, 2.45) is 0 Å². The molecule has 0 unspecified atom stereocenters. The molecule has 2 aromatic carbocycles. The van der Waals surface area contributed by atoms with E-state index in [0.29, 0.717) is 17.1 Å². The second-order valence-corrected chi connectivity index (χ2v) is 7.54. The minimum atomic E-state index is -0.287. The Morgan fingerprint density at radius 2 is 1.50 bits per heavy atom. The summed E-state index contributed by atoms with van der Waals surface area (Å²) in [6.07, 6.45) is 0. The summed E-state index contributed by atoms with van der Waals surface area (Å²) in [5.74, 6) is 1.78. The summed E-state index contributed by atoms with van der Waals surface area (Å²) in [4.78, 5) is 14.8. The molecule has 0 bridgehead atoms. The molecule has 30 heavy (non-hydrogen) atoms. The summed E-state index contributed by atoms with van der Waals surface area (Å²) in [5.41, 5.74) is 2.90. The zero-order valence-electron chi connectivity index (χ0n) is 18.2. The van der Waals surface area contributed by atoms with Crippen LogP contribution in [0.25, 0.3) is 0 Å². The van der Waals surface area contributed by atoms with Gasteiger partial charge in [0.25, 0.3) is 0 Å². The standard InChI is InChI=1S/C23H30N2O5/c1-27-20-9-8-19(21(28-2)22(20)29-3)16-25-12-10-24(11-13-25)15-17-6-5-7-18(14-17)23(26)30-4/h5-9,14H,10-13,15-16H2,1-4H3/p+2. The first-order valence-corrected chi connectivity index (χ1v) is 10.2. The van der Waals surface area contributed by atoms with Crippen LogP contribution >= 0.6 is 0 Å². The van der Waals surface area contributed by atoms with Crippen molar-refractivity contribution >= 4 is 5.97 Å². The lowest BCUT2D eigenvalue weighted by atomic mass is 10.1. The summed E-state index contributed by atoms with van der Waals surface area (Å²) < 4.78 is 21.3. The van der Waals surface area contributed by atoms with E-state index in [2.05, 4.69) is 12.1 Å². The van der Waals surface area contributed by atoms with Gasteiger partial charge in [-0.3, -0.25) is 0 Å². The number of hydrogen-bond donors (Lipinski definition) is 2. The fourth-order valence-electron chi connectivity index (χ4n) is 4.10. The average Bonchev–Trinajstić information content (AvgIpc) is 2.79. The van der Waals surface area contributed by atoms with Gasteiger partial charge in [-0.25, -0.2) is 4.79 Å². The quantitative estimate of drug-likeness (QED) is 0.593. The van der Waals surface area contributed by atoms with Crippen molar-refractivity contribution in [3.8, 4) is 17.2 Å². The van der Waals surface area contributed by atoms with Crippen molar-refractivity contribution in [1.82, 2.24) is 0 Å². The van der Waals surface area contributed by atoms with Gasteiger partial charge in [-0.15, -0.1) is 0 Å². The van der Waals surface area contributed by atoms with Crippen LogP contribution in [0.3, 0.4) is 0 Å². The van der Waals surface area contributed by atoms with Gasteiger partial charge in [-0.05, 0) is 24.3 Å². The predicted molar refractivity (Wildman–Crippen MR) is 113 cm³/mol. The molecule has 1 fully saturated rings. The average molecular weight is 417 g/mol. The van der Waals surface area contributed by atoms with Crippen LogP contribution < -0.4 is 24.0 Å². The number of hydrogen-bond acceptors (Lipinski definition) is 5. The van der Waals surface area contributed by atoms with Crippen molar-refractivity contribution in [3.05, 3.63) is 53.1 Å².